The number of nitrogens with zero attached hydrogens (tertiary/aromatic N) is 2. The highest BCUT2D eigenvalue weighted by Crippen LogP contribution is 2.23. The van der Waals surface area contributed by atoms with E-state index < -0.39 is 11.4 Å². The predicted octanol–water partition coefficient (Wildman–Crippen LogP) is 1.00. The van der Waals surface area contributed by atoms with Crippen molar-refractivity contribution < 1.29 is 10.2 Å². The van der Waals surface area contributed by atoms with Gasteiger partial charge in [-0.1, -0.05) is 13.8 Å². The van der Waals surface area contributed by atoms with Gasteiger partial charge in [-0.3, -0.25) is 0 Å². The SMILES string of the molecule is CCN(CC)N(C(C)(C)O)C(C)(C)O. The van der Waals surface area contributed by atoms with Gasteiger partial charge in [-0.2, -0.15) is 5.01 Å². The van der Waals surface area contributed by atoms with E-state index in [9.17, 15) is 10.2 Å². The van der Waals surface area contributed by atoms with Gasteiger partial charge in [-0.05, 0) is 27.7 Å². The van der Waals surface area contributed by atoms with Crippen molar-refractivity contribution in [1.82, 2.24) is 10.0 Å². The molecule has 86 valence electrons. The number of aliphatic hydroxyl groups is 2. The Hall–Kier alpha value is -0.160. The average molecular weight is 204 g/mol. The van der Waals surface area contributed by atoms with Gasteiger partial charge in [-0.25, -0.2) is 5.01 Å². The van der Waals surface area contributed by atoms with Crippen LogP contribution in [0, 0.1) is 0 Å². The fourth-order valence-corrected chi connectivity index (χ4v) is 1.87. The molecule has 0 radical (unpaired) electrons. The average Bonchev–Trinajstić information content (AvgIpc) is 1.94. The molecule has 0 aliphatic rings. The minimum atomic E-state index is -1.07. The molecular weight excluding hydrogens is 180 g/mol. The molecule has 0 bridgehead atoms. The van der Waals surface area contributed by atoms with Crippen LogP contribution in [-0.2, 0) is 0 Å². The number of hydrogen-bond donors (Lipinski definition) is 2. The Morgan fingerprint density at radius 3 is 1.21 bits per heavy atom. The van der Waals surface area contributed by atoms with Crippen molar-refractivity contribution in [3.63, 3.8) is 0 Å². The van der Waals surface area contributed by atoms with Crippen LogP contribution in [0.3, 0.4) is 0 Å². The first-order valence-electron chi connectivity index (χ1n) is 5.14. The molecule has 0 aromatic carbocycles. The highest BCUT2D eigenvalue weighted by atomic mass is 16.4. The van der Waals surface area contributed by atoms with E-state index in [0.29, 0.717) is 0 Å². The molecule has 0 aromatic rings. The van der Waals surface area contributed by atoms with Gasteiger partial charge < -0.3 is 10.2 Å². The Kier molecular flexibility index (Phi) is 4.52. The van der Waals surface area contributed by atoms with Crippen molar-refractivity contribution in [2.45, 2.75) is 53.0 Å². The number of hydrazine groups is 1. The van der Waals surface area contributed by atoms with E-state index >= 15 is 0 Å². The van der Waals surface area contributed by atoms with E-state index in [1.54, 1.807) is 32.7 Å². The van der Waals surface area contributed by atoms with Gasteiger partial charge in [0.15, 0.2) is 0 Å². The summed E-state index contributed by atoms with van der Waals surface area (Å²) in [5.41, 5.74) is -2.13. The van der Waals surface area contributed by atoms with Crippen molar-refractivity contribution in [2.24, 2.45) is 0 Å². The van der Waals surface area contributed by atoms with E-state index in [0.717, 1.165) is 13.1 Å². The Balaban J connectivity index is 4.91. The second-order valence-corrected chi connectivity index (χ2v) is 4.44. The lowest BCUT2D eigenvalue weighted by Gasteiger charge is -2.48. The molecule has 0 aliphatic heterocycles. The lowest BCUT2D eigenvalue weighted by Crippen LogP contribution is -2.63. The second-order valence-electron chi connectivity index (χ2n) is 4.44. The summed E-state index contributed by atoms with van der Waals surface area (Å²) in [5, 5.41) is 23.5. The molecule has 0 heterocycles. The van der Waals surface area contributed by atoms with Gasteiger partial charge in [0.2, 0.25) is 0 Å². The van der Waals surface area contributed by atoms with Crippen LogP contribution >= 0.6 is 0 Å². The molecular formula is C10H24N2O2. The molecule has 14 heavy (non-hydrogen) atoms. The molecule has 0 aliphatic carbocycles. The molecule has 4 nitrogen and oxygen atoms in total. The topological polar surface area (TPSA) is 46.9 Å². The van der Waals surface area contributed by atoms with Crippen molar-refractivity contribution in [2.75, 3.05) is 13.1 Å². The highest BCUT2D eigenvalue weighted by molar-refractivity contribution is 4.76. The van der Waals surface area contributed by atoms with E-state index in [2.05, 4.69) is 0 Å². The zero-order chi connectivity index (χ0) is 11.6. The molecule has 0 amide bonds. The van der Waals surface area contributed by atoms with Crippen molar-refractivity contribution in [3.8, 4) is 0 Å². The first kappa shape index (κ1) is 13.8. The molecule has 2 N–H and O–H groups in total. The summed E-state index contributed by atoms with van der Waals surface area (Å²) in [6.07, 6.45) is 0. The highest BCUT2D eigenvalue weighted by Gasteiger charge is 2.38. The smallest absolute Gasteiger partial charge is 0.128 e. The van der Waals surface area contributed by atoms with Crippen LogP contribution in [0.5, 0.6) is 0 Å². The fourth-order valence-electron chi connectivity index (χ4n) is 1.87. The summed E-state index contributed by atoms with van der Waals surface area (Å²) in [6, 6.07) is 0. The molecule has 0 spiro atoms. The molecule has 0 rings (SSSR count). The lowest BCUT2D eigenvalue weighted by atomic mass is 10.2. The first-order valence-corrected chi connectivity index (χ1v) is 5.14. The molecule has 0 saturated heterocycles. The van der Waals surface area contributed by atoms with Crippen molar-refractivity contribution >= 4 is 0 Å². The molecule has 0 atom stereocenters. The summed E-state index contributed by atoms with van der Waals surface area (Å²) < 4.78 is 0. The van der Waals surface area contributed by atoms with Gasteiger partial charge in [-0.15, -0.1) is 0 Å². The minimum Gasteiger partial charge on any atom is -0.375 e. The van der Waals surface area contributed by atoms with Crippen LogP contribution in [0.1, 0.15) is 41.5 Å². The van der Waals surface area contributed by atoms with Crippen molar-refractivity contribution in [1.29, 1.82) is 0 Å². The molecule has 0 saturated carbocycles. The van der Waals surface area contributed by atoms with Crippen LogP contribution in [0.15, 0.2) is 0 Å². The third-order valence-electron chi connectivity index (χ3n) is 2.05. The Labute approximate surface area is 87.1 Å². The van der Waals surface area contributed by atoms with Gasteiger partial charge in [0.25, 0.3) is 0 Å². The first-order chi connectivity index (χ1) is 6.14. The normalized spacial score (nSPS) is 14.1. The maximum Gasteiger partial charge on any atom is 0.128 e. The summed E-state index contributed by atoms with van der Waals surface area (Å²) in [7, 11) is 0. The van der Waals surface area contributed by atoms with Crippen LogP contribution in [0.25, 0.3) is 0 Å². The van der Waals surface area contributed by atoms with Crippen LogP contribution in [0.2, 0.25) is 0 Å². The second kappa shape index (κ2) is 4.57. The zero-order valence-electron chi connectivity index (χ0n) is 10.2. The fraction of sp³-hybridized carbons (Fsp3) is 1.00. The summed E-state index contributed by atoms with van der Waals surface area (Å²) in [6.45, 7) is 12.2. The standard InChI is InChI=1S/C10H24N2O2/c1-7-11(8-2)12(9(3,4)13)10(5,6)14/h13-14H,7-8H2,1-6H3. The minimum absolute atomic E-state index is 0.754. The van der Waals surface area contributed by atoms with Gasteiger partial charge in [0, 0.05) is 13.1 Å². The summed E-state index contributed by atoms with van der Waals surface area (Å²) in [4.78, 5) is 0. The van der Waals surface area contributed by atoms with Crippen LogP contribution in [0.4, 0.5) is 0 Å². The third kappa shape index (κ3) is 3.53. The maximum absolute atomic E-state index is 9.97. The molecule has 0 aromatic heterocycles. The van der Waals surface area contributed by atoms with Gasteiger partial charge in [0.05, 0.1) is 0 Å². The van der Waals surface area contributed by atoms with E-state index in [1.807, 2.05) is 18.9 Å². The van der Waals surface area contributed by atoms with Gasteiger partial charge in [0.1, 0.15) is 11.4 Å². The van der Waals surface area contributed by atoms with Crippen LogP contribution < -0.4 is 0 Å². The molecule has 4 heteroatoms. The number of rotatable bonds is 5. The zero-order valence-corrected chi connectivity index (χ0v) is 10.2. The Morgan fingerprint density at radius 2 is 1.14 bits per heavy atom. The lowest BCUT2D eigenvalue weighted by molar-refractivity contribution is -0.292. The molecule has 0 unspecified atom stereocenters. The quantitative estimate of drug-likeness (QED) is 0.518. The van der Waals surface area contributed by atoms with Crippen LogP contribution in [-0.4, -0.2) is 44.8 Å². The third-order valence-corrected chi connectivity index (χ3v) is 2.05. The summed E-state index contributed by atoms with van der Waals surface area (Å²) >= 11 is 0. The molecule has 0 fully saturated rings. The largest absolute Gasteiger partial charge is 0.375 e. The maximum atomic E-state index is 9.97. The van der Waals surface area contributed by atoms with E-state index in [-0.39, 0.29) is 0 Å². The van der Waals surface area contributed by atoms with Crippen molar-refractivity contribution in [3.05, 3.63) is 0 Å². The van der Waals surface area contributed by atoms with E-state index in [4.69, 9.17) is 0 Å². The number of hydrogen-bond acceptors (Lipinski definition) is 4. The summed E-state index contributed by atoms with van der Waals surface area (Å²) in [5.74, 6) is 0. The monoisotopic (exact) mass is 204 g/mol. The van der Waals surface area contributed by atoms with Gasteiger partial charge >= 0.3 is 0 Å². The predicted molar refractivity (Wildman–Crippen MR) is 57.4 cm³/mol. The Morgan fingerprint density at radius 1 is 0.857 bits per heavy atom. The van der Waals surface area contributed by atoms with E-state index in [1.165, 1.54) is 0 Å². The Bertz CT molecular complexity index is 152.